The van der Waals surface area contributed by atoms with Gasteiger partial charge in [-0.05, 0) is 57.3 Å². The number of aliphatic carboxylic acids is 1. The van der Waals surface area contributed by atoms with Crippen LogP contribution in [-0.4, -0.2) is 64.9 Å². The van der Waals surface area contributed by atoms with Crippen LogP contribution in [0.4, 0.5) is 0 Å². The van der Waals surface area contributed by atoms with Gasteiger partial charge in [0.15, 0.2) is 11.9 Å². The number of amides is 2. The van der Waals surface area contributed by atoms with E-state index in [1.54, 1.807) is 0 Å². The summed E-state index contributed by atoms with van der Waals surface area (Å²) >= 11 is 0. The Labute approximate surface area is 235 Å². The topological polar surface area (TPSA) is 159 Å². The maximum absolute atomic E-state index is 12.8. The number of fused-ring (bicyclic) bond motifs is 2. The van der Waals surface area contributed by atoms with Gasteiger partial charge in [-0.1, -0.05) is 27.7 Å². The van der Waals surface area contributed by atoms with Crippen molar-refractivity contribution < 1.29 is 48.3 Å². The van der Waals surface area contributed by atoms with Crippen molar-refractivity contribution in [2.24, 2.45) is 29.6 Å². The first kappa shape index (κ1) is 30.7. The minimum Gasteiger partial charge on any atom is -0.480 e. The van der Waals surface area contributed by atoms with E-state index in [0.29, 0.717) is 18.8 Å². The molecule has 1 aliphatic carbocycles. The number of hydrogen-bond donors (Lipinski definition) is 3. The summed E-state index contributed by atoms with van der Waals surface area (Å²) in [4.78, 5) is 61.0. The third kappa shape index (κ3) is 6.14. The van der Waals surface area contributed by atoms with Crippen LogP contribution in [-0.2, 0) is 43.2 Å². The van der Waals surface area contributed by atoms with Gasteiger partial charge in [-0.15, -0.1) is 0 Å². The van der Waals surface area contributed by atoms with E-state index in [1.807, 2.05) is 27.7 Å². The lowest BCUT2D eigenvalue weighted by atomic mass is 9.58. The smallest absolute Gasteiger partial charge is 0.325 e. The molecule has 10 atom stereocenters. The fourth-order valence-electron chi connectivity index (χ4n) is 6.76. The van der Waals surface area contributed by atoms with E-state index in [0.717, 1.165) is 19.3 Å². The van der Waals surface area contributed by atoms with Crippen LogP contribution in [0.5, 0.6) is 0 Å². The normalized spacial score (nSPS) is 38.0. The number of carbonyl (C=O) groups excluding carboxylic acids is 3. The average Bonchev–Trinajstić information content (AvgIpc) is 3.10. The van der Waals surface area contributed by atoms with Crippen molar-refractivity contribution in [3.05, 3.63) is 0 Å². The monoisotopic (exact) mass is 568 g/mol. The quantitative estimate of drug-likeness (QED) is 0.264. The molecule has 2 amide bonds. The molecular weight excluding hydrogens is 524 g/mol. The standard InChI is InChI=1S/C28H44N2O10/c1-14(2)13-20(23(33)29-17(5)24(34)35)30-21(31)9-10-22(32)36-25-16(4)19-8-7-15(3)18-11-12-27(6)38-26(37-25)28(18,19)40-39-27/h14-20,25-26H,7-13H2,1-6H3,(H,29,33)(H,30,31)(H,34,35)/t15-,16-,17+,18+,19+,20+,25-,26+,27+,28-/m1/s1. The molecule has 1 spiro atoms. The Morgan fingerprint density at radius 1 is 1.00 bits per heavy atom. The predicted molar refractivity (Wildman–Crippen MR) is 139 cm³/mol. The fourth-order valence-corrected chi connectivity index (χ4v) is 6.76. The number of rotatable bonds is 10. The third-order valence-corrected chi connectivity index (χ3v) is 8.99. The molecule has 12 nitrogen and oxygen atoms in total. The lowest BCUT2D eigenvalue weighted by Gasteiger charge is -2.59. The molecule has 0 radical (unpaired) electrons. The molecule has 226 valence electrons. The highest BCUT2D eigenvalue weighted by Crippen LogP contribution is 2.60. The van der Waals surface area contributed by atoms with Crippen LogP contribution in [0.15, 0.2) is 0 Å². The molecule has 5 rings (SSSR count). The number of ether oxygens (including phenoxy) is 3. The highest BCUT2D eigenvalue weighted by atomic mass is 17.3. The van der Waals surface area contributed by atoms with E-state index in [-0.39, 0.29) is 36.5 Å². The highest BCUT2D eigenvalue weighted by Gasteiger charge is 2.69. The van der Waals surface area contributed by atoms with Crippen molar-refractivity contribution in [1.29, 1.82) is 0 Å². The molecule has 4 heterocycles. The molecular formula is C28H44N2O10. The maximum atomic E-state index is 12.8. The first-order valence-corrected chi connectivity index (χ1v) is 14.5. The van der Waals surface area contributed by atoms with Gasteiger partial charge in [-0.2, -0.15) is 0 Å². The van der Waals surface area contributed by atoms with Crippen LogP contribution in [0.3, 0.4) is 0 Å². The number of esters is 1. The van der Waals surface area contributed by atoms with Gasteiger partial charge in [-0.3, -0.25) is 19.2 Å². The summed E-state index contributed by atoms with van der Waals surface area (Å²) in [7, 11) is 0. The van der Waals surface area contributed by atoms with Crippen molar-refractivity contribution in [2.45, 2.75) is 123 Å². The second kappa shape index (κ2) is 11.9. The van der Waals surface area contributed by atoms with Gasteiger partial charge < -0.3 is 30.0 Å². The van der Waals surface area contributed by atoms with Crippen LogP contribution < -0.4 is 10.6 Å². The Kier molecular flexibility index (Phi) is 9.13. The summed E-state index contributed by atoms with van der Waals surface area (Å²) < 4.78 is 18.3. The first-order chi connectivity index (χ1) is 18.8. The number of nitrogens with one attached hydrogen (secondary N) is 2. The summed E-state index contributed by atoms with van der Waals surface area (Å²) in [5, 5.41) is 14.1. The Bertz CT molecular complexity index is 990. The molecule has 3 N–H and O–H groups in total. The lowest BCUT2D eigenvalue weighted by molar-refractivity contribution is -0.576. The Hall–Kier alpha value is -2.28. The second-order valence-electron chi connectivity index (χ2n) is 12.6. The molecule has 1 saturated carbocycles. The van der Waals surface area contributed by atoms with Crippen molar-refractivity contribution in [1.82, 2.24) is 10.6 Å². The van der Waals surface area contributed by atoms with Crippen molar-refractivity contribution in [3.63, 3.8) is 0 Å². The van der Waals surface area contributed by atoms with Gasteiger partial charge in [0.1, 0.15) is 12.1 Å². The van der Waals surface area contributed by atoms with Crippen LogP contribution in [0.25, 0.3) is 0 Å². The molecule has 0 aromatic heterocycles. The third-order valence-electron chi connectivity index (χ3n) is 8.99. The zero-order chi connectivity index (χ0) is 29.4. The van der Waals surface area contributed by atoms with E-state index in [1.165, 1.54) is 6.92 Å². The van der Waals surface area contributed by atoms with Crippen molar-refractivity contribution >= 4 is 23.8 Å². The zero-order valence-corrected chi connectivity index (χ0v) is 24.3. The van der Waals surface area contributed by atoms with Gasteiger partial charge in [0.25, 0.3) is 0 Å². The van der Waals surface area contributed by atoms with Crippen LogP contribution in [0.1, 0.15) is 86.5 Å². The number of carbonyl (C=O) groups is 4. The Balaban J connectivity index is 1.35. The van der Waals surface area contributed by atoms with Gasteiger partial charge in [0, 0.05) is 24.7 Å². The molecule has 0 aromatic rings. The summed E-state index contributed by atoms with van der Waals surface area (Å²) in [6.45, 7) is 11.1. The Morgan fingerprint density at radius 3 is 2.40 bits per heavy atom. The minimum absolute atomic E-state index is 0.000281. The van der Waals surface area contributed by atoms with Gasteiger partial charge in [-0.25, -0.2) is 9.78 Å². The van der Waals surface area contributed by atoms with E-state index in [4.69, 9.17) is 29.1 Å². The first-order valence-electron chi connectivity index (χ1n) is 14.5. The van der Waals surface area contributed by atoms with E-state index in [9.17, 15) is 19.2 Å². The average molecular weight is 569 g/mol. The molecule has 40 heavy (non-hydrogen) atoms. The Morgan fingerprint density at radius 2 is 1.73 bits per heavy atom. The second-order valence-corrected chi connectivity index (χ2v) is 12.6. The largest absolute Gasteiger partial charge is 0.480 e. The summed E-state index contributed by atoms with van der Waals surface area (Å²) in [6, 6.07) is -2.02. The highest BCUT2D eigenvalue weighted by molar-refractivity contribution is 5.91. The molecule has 0 unspecified atom stereocenters. The number of carboxylic acid groups (broad SMARTS) is 1. The van der Waals surface area contributed by atoms with Gasteiger partial charge in [0.2, 0.25) is 23.9 Å². The molecule has 5 aliphatic rings. The molecule has 5 fully saturated rings. The maximum Gasteiger partial charge on any atom is 0.325 e. The molecule has 2 bridgehead atoms. The minimum atomic E-state index is -1.18. The van der Waals surface area contributed by atoms with E-state index in [2.05, 4.69) is 17.6 Å². The number of carboxylic acids is 1. The van der Waals surface area contributed by atoms with Gasteiger partial charge in [0.05, 0.1) is 6.42 Å². The summed E-state index contributed by atoms with van der Waals surface area (Å²) in [5.74, 6) is -3.33. The SMILES string of the molecule is CC(C)C[C@H](NC(=O)CCC(=O)O[C@@H]1O[C@H]2O[C@]3(C)CC[C@H]4[C@H](C)CC[C@@H]([C@H]1C)[C@@]24OO3)C(=O)N[C@@H](C)C(=O)O. The van der Waals surface area contributed by atoms with E-state index >= 15 is 0 Å². The molecule has 4 saturated heterocycles. The fraction of sp³-hybridized carbons (Fsp3) is 0.857. The van der Waals surface area contributed by atoms with Gasteiger partial charge >= 0.3 is 11.9 Å². The lowest BCUT2D eigenvalue weighted by Crippen LogP contribution is -2.70. The number of hydrogen-bond acceptors (Lipinski definition) is 9. The van der Waals surface area contributed by atoms with Crippen LogP contribution >= 0.6 is 0 Å². The van der Waals surface area contributed by atoms with Crippen LogP contribution in [0, 0.1) is 29.6 Å². The van der Waals surface area contributed by atoms with Crippen LogP contribution in [0.2, 0.25) is 0 Å². The summed E-state index contributed by atoms with van der Waals surface area (Å²) in [5.41, 5.74) is -0.764. The van der Waals surface area contributed by atoms with Crippen molar-refractivity contribution in [3.8, 4) is 0 Å². The van der Waals surface area contributed by atoms with E-state index < -0.39 is 59.8 Å². The van der Waals surface area contributed by atoms with Crippen molar-refractivity contribution in [2.75, 3.05) is 0 Å². The summed E-state index contributed by atoms with van der Waals surface area (Å²) in [6.07, 6.45) is 1.75. The predicted octanol–water partition coefficient (Wildman–Crippen LogP) is 2.64. The zero-order valence-electron chi connectivity index (χ0n) is 24.3. The molecule has 12 heteroatoms. The molecule has 0 aromatic carbocycles. The molecule has 4 aliphatic heterocycles.